The Kier molecular flexibility index (Phi) is 3.64. The second-order valence-corrected chi connectivity index (χ2v) is 4.39. The van der Waals surface area contributed by atoms with Crippen molar-refractivity contribution in [2.24, 2.45) is 0 Å². The molecule has 0 saturated heterocycles. The van der Waals surface area contributed by atoms with E-state index in [2.05, 4.69) is 4.98 Å². The molecule has 0 amide bonds. The number of H-pyrrole nitrogens is 1. The Morgan fingerprint density at radius 3 is 2.37 bits per heavy atom. The first-order valence-electron chi connectivity index (χ1n) is 6.01. The van der Waals surface area contributed by atoms with Crippen molar-refractivity contribution in [1.82, 2.24) is 4.98 Å². The second kappa shape index (κ2) is 5.22. The number of benzene rings is 1. The molecule has 0 bridgehead atoms. The van der Waals surface area contributed by atoms with Crippen LogP contribution in [0.1, 0.15) is 13.8 Å². The fourth-order valence-corrected chi connectivity index (χ4v) is 1.96. The van der Waals surface area contributed by atoms with Crippen molar-refractivity contribution in [3.8, 4) is 17.2 Å². The Hall–Kier alpha value is -2.17. The molecule has 0 unspecified atom stereocenters. The maximum Gasteiger partial charge on any atom is 0.294 e. The van der Waals surface area contributed by atoms with E-state index in [-0.39, 0.29) is 17.4 Å². The minimum atomic E-state index is -0.325. The van der Waals surface area contributed by atoms with Gasteiger partial charge in [0.1, 0.15) is 5.75 Å². The molecular formula is C14H17NO4. The van der Waals surface area contributed by atoms with Crippen molar-refractivity contribution >= 4 is 10.9 Å². The molecule has 0 aliphatic rings. The summed E-state index contributed by atoms with van der Waals surface area (Å²) in [6.07, 6.45) is 0.0734. The van der Waals surface area contributed by atoms with Gasteiger partial charge in [0, 0.05) is 11.5 Å². The van der Waals surface area contributed by atoms with Crippen molar-refractivity contribution in [2.45, 2.75) is 20.0 Å². The highest BCUT2D eigenvalue weighted by molar-refractivity contribution is 5.88. The summed E-state index contributed by atoms with van der Waals surface area (Å²) >= 11 is 0. The predicted octanol–water partition coefficient (Wildman–Crippen LogP) is 2.33. The maximum atomic E-state index is 11.9. The van der Waals surface area contributed by atoms with Gasteiger partial charge in [-0.15, -0.1) is 0 Å². The highest BCUT2D eigenvalue weighted by atomic mass is 16.5. The topological polar surface area (TPSA) is 60.6 Å². The molecule has 0 fully saturated rings. The number of pyridine rings is 1. The molecule has 1 aromatic heterocycles. The zero-order valence-electron chi connectivity index (χ0n) is 11.4. The van der Waals surface area contributed by atoms with Crippen LogP contribution in [0.15, 0.2) is 23.0 Å². The van der Waals surface area contributed by atoms with Gasteiger partial charge < -0.3 is 19.2 Å². The average molecular weight is 263 g/mol. The van der Waals surface area contributed by atoms with Crippen molar-refractivity contribution in [3.63, 3.8) is 0 Å². The fourth-order valence-electron chi connectivity index (χ4n) is 1.96. The number of nitrogens with one attached hydrogen (secondary N) is 1. The Balaban J connectivity index is 2.65. The summed E-state index contributed by atoms with van der Waals surface area (Å²) in [6.45, 7) is 3.89. The first kappa shape index (κ1) is 13.3. The number of aromatic amines is 1. The van der Waals surface area contributed by atoms with Crippen LogP contribution in [0.2, 0.25) is 0 Å². The molecule has 0 atom stereocenters. The number of hydrogen-bond donors (Lipinski definition) is 1. The normalized spacial score (nSPS) is 10.8. The van der Waals surface area contributed by atoms with Crippen molar-refractivity contribution < 1.29 is 14.2 Å². The van der Waals surface area contributed by atoms with E-state index in [9.17, 15) is 4.79 Å². The zero-order valence-corrected chi connectivity index (χ0v) is 11.4. The average Bonchev–Trinajstić information content (AvgIpc) is 2.36. The maximum absolute atomic E-state index is 11.9. The molecule has 0 saturated carbocycles. The lowest BCUT2D eigenvalue weighted by Gasteiger charge is -2.13. The zero-order chi connectivity index (χ0) is 14.0. The van der Waals surface area contributed by atoms with Crippen LogP contribution in [0.25, 0.3) is 10.9 Å². The number of methoxy groups -OCH3 is 2. The van der Waals surface area contributed by atoms with Crippen LogP contribution in [0.4, 0.5) is 0 Å². The van der Waals surface area contributed by atoms with Crippen LogP contribution in [0.5, 0.6) is 17.2 Å². The summed E-state index contributed by atoms with van der Waals surface area (Å²) in [6, 6.07) is 5.45. The predicted molar refractivity (Wildman–Crippen MR) is 73.4 cm³/mol. The van der Waals surface area contributed by atoms with Crippen LogP contribution in [-0.4, -0.2) is 25.3 Å². The number of rotatable bonds is 4. The Morgan fingerprint density at radius 1 is 1.11 bits per heavy atom. The standard InChI is InChI=1S/C14H17NO4/c1-8(2)19-9-5-6-10-11(7-9)15-14(16)13(18-4)12(10)17-3/h5-8H,1-4H3,(H,15,16). The Bertz CT molecular complexity index is 646. The number of fused-ring (bicyclic) bond motifs is 1. The fraction of sp³-hybridized carbons (Fsp3) is 0.357. The monoisotopic (exact) mass is 263 g/mol. The Labute approximate surface area is 111 Å². The summed E-state index contributed by atoms with van der Waals surface area (Å²) in [5.41, 5.74) is 0.328. The SMILES string of the molecule is COc1c(OC)c2ccc(OC(C)C)cc2[nH]c1=O. The lowest BCUT2D eigenvalue weighted by Crippen LogP contribution is -2.11. The van der Waals surface area contributed by atoms with Gasteiger partial charge in [0.25, 0.3) is 5.56 Å². The molecule has 5 nitrogen and oxygen atoms in total. The minimum absolute atomic E-state index is 0.0734. The molecular weight excluding hydrogens is 246 g/mol. The lowest BCUT2D eigenvalue weighted by atomic mass is 10.2. The molecule has 1 heterocycles. The molecule has 2 rings (SSSR count). The van der Waals surface area contributed by atoms with E-state index in [1.165, 1.54) is 14.2 Å². The second-order valence-electron chi connectivity index (χ2n) is 4.39. The van der Waals surface area contributed by atoms with E-state index in [1.807, 2.05) is 26.0 Å². The number of ether oxygens (including phenoxy) is 3. The molecule has 5 heteroatoms. The van der Waals surface area contributed by atoms with E-state index in [0.717, 1.165) is 5.39 Å². The third kappa shape index (κ3) is 2.50. The van der Waals surface area contributed by atoms with Gasteiger partial charge in [-0.05, 0) is 26.0 Å². The number of aromatic nitrogens is 1. The Morgan fingerprint density at radius 2 is 1.79 bits per heavy atom. The first-order valence-corrected chi connectivity index (χ1v) is 6.01. The summed E-state index contributed by atoms with van der Waals surface area (Å²) in [5, 5.41) is 0.773. The molecule has 1 aromatic carbocycles. The molecule has 0 radical (unpaired) electrons. The lowest BCUT2D eigenvalue weighted by molar-refractivity contribution is 0.242. The van der Waals surface area contributed by atoms with Crippen LogP contribution < -0.4 is 19.8 Å². The van der Waals surface area contributed by atoms with E-state index >= 15 is 0 Å². The minimum Gasteiger partial charge on any atom is -0.492 e. The molecule has 0 spiro atoms. The van der Waals surface area contributed by atoms with Crippen molar-refractivity contribution in [3.05, 3.63) is 28.6 Å². The highest BCUT2D eigenvalue weighted by Gasteiger charge is 2.14. The van der Waals surface area contributed by atoms with E-state index in [0.29, 0.717) is 17.0 Å². The summed E-state index contributed by atoms with van der Waals surface area (Å²) in [4.78, 5) is 14.6. The van der Waals surface area contributed by atoms with E-state index < -0.39 is 0 Å². The van der Waals surface area contributed by atoms with Crippen LogP contribution in [0.3, 0.4) is 0 Å². The molecule has 19 heavy (non-hydrogen) atoms. The van der Waals surface area contributed by atoms with Gasteiger partial charge in [0.15, 0.2) is 5.75 Å². The first-order chi connectivity index (χ1) is 9.06. The smallest absolute Gasteiger partial charge is 0.294 e. The highest BCUT2D eigenvalue weighted by Crippen LogP contribution is 2.32. The van der Waals surface area contributed by atoms with E-state index in [4.69, 9.17) is 14.2 Å². The van der Waals surface area contributed by atoms with E-state index in [1.54, 1.807) is 6.07 Å². The van der Waals surface area contributed by atoms with Gasteiger partial charge in [0.2, 0.25) is 5.75 Å². The largest absolute Gasteiger partial charge is 0.492 e. The van der Waals surface area contributed by atoms with Gasteiger partial charge in [-0.25, -0.2) is 0 Å². The quantitative estimate of drug-likeness (QED) is 0.919. The molecule has 2 aromatic rings. The van der Waals surface area contributed by atoms with Crippen molar-refractivity contribution in [1.29, 1.82) is 0 Å². The molecule has 1 N–H and O–H groups in total. The van der Waals surface area contributed by atoms with Gasteiger partial charge in [-0.3, -0.25) is 4.79 Å². The van der Waals surface area contributed by atoms with Crippen LogP contribution >= 0.6 is 0 Å². The van der Waals surface area contributed by atoms with Gasteiger partial charge >= 0.3 is 0 Å². The summed E-state index contributed by atoms with van der Waals surface area (Å²) < 4.78 is 15.9. The van der Waals surface area contributed by atoms with Crippen LogP contribution in [-0.2, 0) is 0 Å². The molecule has 0 aliphatic carbocycles. The summed E-state index contributed by atoms with van der Waals surface area (Å²) in [7, 11) is 2.95. The third-order valence-electron chi connectivity index (χ3n) is 2.68. The summed E-state index contributed by atoms with van der Waals surface area (Å²) in [5.74, 6) is 1.30. The van der Waals surface area contributed by atoms with Gasteiger partial charge in [-0.2, -0.15) is 0 Å². The number of hydrogen-bond acceptors (Lipinski definition) is 4. The molecule has 102 valence electrons. The van der Waals surface area contributed by atoms with Crippen molar-refractivity contribution in [2.75, 3.05) is 14.2 Å². The third-order valence-corrected chi connectivity index (χ3v) is 2.68. The van der Waals surface area contributed by atoms with Crippen LogP contribution in [0, 0.1) is 0 Å². The van der Waals surface area contributed by atoms with Gasteiger partial charge in [0.05, 0.1) is 25.8 Å². The van der Waals surface area contributed by atoms with Gasteiger partial charge in [-0.1, -0.05) is 0 Å². The molecule has 0 aliphatic heterocycles.